The van der Waals surface area contributed by atoms with Crippen molar-refractivity contribution in [3.63, 3.8) is 0 Å². The fraction of sp³-hybridized carbons (Fsp3) is 0.118. The maximum atomic E-state index is 12.6. The van der Waals surface area contributed by atoms with Crippen molar-refractivity contribution in [3.05, 3.63) is 68.4 Å². The molecule has 1 aromatic heterocycles. The average Bonchev–Trinajstić information content (AvgIpc) is 2.81. The molecule has 1 aliphatic heterocycles. The minimum absolute atomic E-state index is 0.0760. The van der Waals surface area contributed by atoms with Gasteiger partial charge in [-0.25, -0.2) is 4.98 Å². The van der Waals surface area contributed by atoms with Crippen LogP contribution in [0.1, 0.15) is 18.5 Å². The van der Waals surface area contributed by atoms with Gasteiger partial charge in [0.2, 0.25) is 0 Å². The molecule has 1 aliphatic rings. The highest BCUT2D eigenvalue weighted by molar-refractivity contribution is 9.10. The van der Waals surface area contributed by atoms with Gasteiger partial charge in [0.25, 0.3) is 5.91 Å². The third-order valence-electron chi connectivity index (χ3n) is 3.73. The Morgan fingerprint density at radius 1 is 1.12 bits per heavy atom. The molecule has 0 aliphatic carbocycles. The third-order valence-corrected chi connectivity index (χ3v) is 4.73. The fourth-order valence-electron chi connectivity index (χ4n) is 2.67. The first-order chi connectivity index (χ1) is 11.4. The molecule has 1 aromatic carbocycles. The lowest BCUT2D eigenvalue weighted by molar-refractivity contribution is -0.117. The fourth-order valence-corrected chi connectivity index (χ4v) is 3.17. The Morgan fingerprint density at radius 3 is 2.29 bits per heavy atom. The van der Waals surface area contributed by atoms with Crippen molar-refractivity contribution in [2.24, 2.45) is 0 Å². The van der Waals surface area contributed by atoms with Gasteiger partial charge in [-0.3, -0.25) is 14.5 Å². The number of hydrogen-bond donors (Lipinski definition) is 1. The zero-order valence-corrected chi connectivity index (χ0v) is 15.7. The summed E-state index contributed by atoms with van der Waals surface area (Å²) in [4.78, 5) is 30.2. The van der Waals surface area contributed by atoms with Crippen LogP contribution in [0, 0.1) is 0 Å². The van der Waals surface area contributed by atoms with Crippen LogP contribution in [0.25, 0.3) is 0 Å². The molecule has 7 heteroatoms. The Kier molecular flexibility index (Phi) is 4.56. The second kappa shape index (κ2) is 6.49. The van der Waals surface area contributed by atoms with Crippen molar-refractivity contribution in [1.82, 2.24) is 4.98 Å². The SMILES string of the molecule is CC(=O)C1=C(O)C(=O)N(c2ccc(Br)cn2)[C@H]1c1ccc(Br)cc1. The summed E-state index contributed by atoms with van der Waals surface area (Å²) in [6.45, 7) is 1.34. The molecule has 5 nitrogen and oxygen atoms in total. The number of hydrogen-bond acceptors (Lipinski definition) is 4. The van der Waals surface area contributed by atoms with Crippen LogP contribution in [0.4, 0.5) is 5.82 Å². The maximum Gasteiger partial charge on any atom is 0.295 e. The lowest BCUT2D eigenvalue weighted by Gasteiger charge is -2.25. The first-order valence-corrected chi connectivity index (χ1v) is 8.63. The molecular formula is C17H12Br2N2O3. The van der Waals surface area contributed by atoms with E-state index in [0.29, 0.717) is 11.4 Å². The lowest BCUT2D eigenvalue weighted by atomic mass is 9.97. The predicted molar refractivity (Wildman–Crippen MR) is 96.6 cm³/mol. The van der Waals surface area contributed by atoms with E-state index in [0.717, 1.165) is 8.95 Å². The molecule has 0 spiro atoms. The summed E-state index contributed by atoms with van der Waals surface area (Å²) >= 11 is 6.66. The predicted octanol–water partition coefficient (Wildman–Crippen LogP) is 4.10. The Bertz CT molecular complexity index is 845. The smallest absolute Gasteiger partial charge is 0.295 e. The molecule has 0 unspecified atom stereocenters. The van der Waals surface area contributed by atoms with Gasteiger partial charge in [0.05, 0.1) is 11.6 Å². The second-order valence-electron chi connectivity index (χ2n) is 5.28. The molecule has 0 saturated heterocycles. The number of pyridine rings is 1. The van der Waals surface area contributed by atoms with Crippen molar-refractivity contribution >= 4 is 49.4 Å². The molecule has 3 rings (SSSR count). The van der Waals surface area contributed by atoms with E-state index in [1.165, 1.54) is 11.8 Å². The number of aliphatic hydroxyl groups excluding tert-OH is 1. The standard InChI is InChI=1S/C17H12Br2N2O3/c1-9(22)14-15(10-2-4-11(18)5-3-10)21(17(24)16(14)23)13-7-6-12(19)8-20-13/h2-8,15,23H,1H3/t15-/m0/s1. The number of aromatic nitrogens is 1. The monoisotopic (exact) mass is 450 g/mol. The highest BCUT2D eigenvalue weighted by Gasteiger charge is 2.43. The molecular weight excluding hydrogens is 440 g/mol. The highest BCUT2D eigenvalue weighted by atomic mass is 79.9. The third kappa shape index (κ3) is 2.89. The number of Topliss-reactive ketones (excluding diaryl/α,β-unsaturated/α-hetero) is 1. The number of rotatable bonds is 3. The number of amides is 1. The van der Waals surface area contributed by atoms with Crippen molar-refractivity contribution in [2.75, 3.05) is 4.90 Å². The van der Waals surface area contributed by atoms with Crippen LogP contribution in [-0.4, -0.2) is 21.8 Å². The number of ketones is 1. The topological polar surface area (TPSA) is 70.5 Å². The van der Waals surface area contributed by atoms with Crippen molar-refractivity contribution in [1.29, 1.82) is 0 Å². The summed E-state index contributed by atoms with van der Waals surface area (Å²) in [7, 11) is 0. The largest absolute Gasteiger partial charge is 0.503 e. The number of aliphatic hydroxyl groups is 1. The van der Waals surface area contributed by atoms with E-state index in [9.17, 15) is 14.7 Å². The first kappa shape index (κ1) is 16.9. The Hall–Kier alpha value is -1.99. The number of anilines is 1. The van der Waals surface area contributed by atoms with E-state index in [-0.39, 0.29) is 11.4 Å². The molecule has 0 bridgehead atoms. The maximum absolute atomic E-state index is 12.6. The number of nitrogens with zero attached hydrogens (tertiary/aromatic N) is 2. The normalized spacial score (nSPS) is 17.5. The Labute approximate surface area is 155 Å². The van der Waals surface area contributed by atoms with Crippen LogP contribution in [0.3, 0.4) is 0 Å². The summed E-state index contributed by atoms with van der Waals surface area (Å²) in [6, 6.07) is 9.93. The van der Waals surface area contributed by atoms with Gasteiger partial charge in [-0.05, 0) is 52.7 Å². The molecule has 1 amide bonds. The highest BCUT2D eigenvalue weighted by Crippen LogP contribution is 2.40. The molecule has 2 heterocycles. The minimum atomic E-state index is -0.711. The lowest BCUT2D eigenvalue weighted by Crippen LogP contribution is -2.31. The van der Waals surface area contributed by atoms with E-state index in [4.69, 9.17) is 0 Å². The molecule has 2 aromatic rings. The minimum Gasteiger partial charge on any atom is -0.503 e. The van der Waals surface area contributed by atoms with Crippen molar-refractivity contribution in [2.45, 2.75) is 13.0 Å². The van der Waals surface area contributed by atoms with E-state index in [1.54, 1.807) is 30.5 Å². The zero-order valence-electron chi connectivity index (χ0n) is 12.5. The average molecular weight is 452 g/mol. The van der Waals surface area contributed by atoms with Crippen LogP contribution >= 0.6 is 31.9 Å². The van der Waals surface area contributed by atoms with E-state index >= 15 is 0 Å². The summed E-state index contributed by atoms with van der Waals surface area (Å²) in [5.74, 6) is -1.16. The molecule has 0 saturated carbocycles. The summed E-state index contributed by atoms with van der Waals surface area (Å²) in [5, 5.41) is 10.2. The number of carbonyl (C=O) groups excluding carboxylic acids is 2. The summed E-state index contributed by atoms with van der Waals surface area (Å²) in [6.07, 6.45) is 1.56. The van der Waals surface area contributed by atoms with Crippen LogP contribution in [-0.2, 0) is 9.59 Å². The van der Waals surface area contributed by atoms with Gasteiger partial charge in [-0.2, -0.15) is 0 Å². The van der Waals surface area contributed by atoms with E-state index in [1.807, 2.05) is 12.1 Å². The Balaban J connectivity index is 2.16. The van der Waals surface area contributed by atoms with Gasteiger partial charge in [0.15, 0.2) is 11.5 Å². The van der Waals surface area contributed by atoms with Crippen LogP contribution < -0.4 is 4.90 Å². The zero-order chi connectivity index (χ0) is 17.4. The number of halogens is 2. The van der Waals surface area contributed by atoms with Crippen LogP contribution in [0.5, 0.6) is 0 Å². The van der Waals surface area contributed by atoms with Crippen molar-refractivity contribution < 1.29 is 14.7 Å². The quantitative estimate of drug-likeness (QED) is 0.762. The molecule has 0 fully saturated rings. The van der Waals surface area contributed by atoms with Gasteiger partial charge in [0, 0.05) is 15.1 Å². The van der Waals surface area contributed by atoms with Gasteiger partial charge in [-0.1, -0.05) is 28.1 Å². The molecule has 24 heavy (non-hydrogen) atoms. The van der Waals surface area contributed by atoms with Crippen molar-refractivity contribution in [3.8, 4) is 0 Å². The molecule has 122 valence electrons. The van der Waals surface area contributed by atoms with Gasteiger partial charge in [-0.15, -0.1) is 0 Å². The molecule has 1 N–H and O–H groups in total. The van der Waals surface area contributed by atoms with Crippen LogP contribution in [0.15, 0.2) is 62.9 Å². The first-order valence-electron chi connectivity index (χ1n) is 7.05. The van der Waals surface area contributed by atoms with Crippen LogP contribution in [0.2, 0.25) is 0 Å². The van der Waals surface area contributed by atoms with E-state index < -0.39 is 17.7 Å². The van der Waals surface area contributed by atoms with Gasteiger partial charge < -0.3 is 5.11 Å². The number of benzene rings is 1. The second-order valence-corrected chi connectivity index (χ2v) is 7.11. The summed E-state index contributed by atoms with van der Waals surface area (Å²) in [5.41, 5.74) is 0.789. The Morgan fingerprint density at radius 2 is 1.75 bits per heavy atom. The molecule has 1 atom stereocenters. The van der Waals surface area contributed by atoms with Gasteiger partial charge >= 0.3 is 0 Å². The van der Waals surface area contributed by atoms with E-state index in [2.05, 4.69) is 36.8 Å². The van der Waals surface area contributed by atoms with Gasteiger partial charge in [0.1, 0.15) is 5.82 Å². The molecule has 0 radical (unpaired) electrons. The summed E-state index contributed by atoms with van der Waals surface area (Å²) < 4.78 is 1.64. The number of carbonyl (C=O) groups is 2.